The minimum atomic E-state index is -0.635. The predicted molar refractivity (Wildman–Crippen MR) is 111 cm³/mol. The fourth-order valence-corrected chi connectivity index (χ4v) is 3.58. The van der Waals surface area contributed by atoms with E-state index in [-0.39, 0.29) is 17.9 Å². The molecule has 7 heteroatoms. The van der Waals surface area contributed by atoms with Crippen molar-refractivity contribution in [2.45, 2.75) is 39.8 Å². The third-order valence-corrected chi connectivity index (χ3v) is 5.51. The average molecular weight is 397 g/mol. The SMILES string of the molecule is Cc1ccc(-n2ncc([C@@H](C)NC(=O)[C@@H](C)NC(=O)c3cccs3)c2C)cc1. The molecule has 2 amide bonds. The second-order valence-electron chi connectivity index (χ2n) is 6.84. The first kappa shape index (κ1) is 19.8. The van der Waals surface area contributed by atoms with E-state index in [2.05, 4.69) is 15.7 Å². The maximum Gasteiger partial charge on any atom is 0.261 e. The number of carbonyl (C=O) groups is 2. The van der Waals surface area contributed by atoms with Gasteiger partial charge in [-0.1, -0.05) is 23.8 Å². The van der Waals surface area contributed by atoms with Gasteiger partial charge < -0.3 is 10.6 Å². The molecule has 0 aliphatic rings. The topological polar surface area (TPSA) is 76.0 Å². The summed E-state index contributed by atoms with van der Waals surface area (Å²) in [6.45, 7) is 7.61. The van der Waals surface area contributed by atoms with Crippen LogP contribution in [0.5, 0.6) is 0 Å². The molecular weight excluding hydrogens is 372 g/mol. The Balaban J connectivity index is 1.65. The standard InChI is InChI=1S/C21H24N4O2S/c1-13-7-9-17(10-8-13)25-16(4)18(12-22-25)14(2)23-20(26)15(3)24-21(27)19-6-5-11-28-19/h5-12,14-15H,1-4H3,(H,23,26)(H,24,27)/t14-,15-/m1/s1. The molecule has 0 fully saturated rings. The molecule has 0 saturated heterocycles. The zero-order chi connectivity index (χ0) is 20.3. The number of aryl methyl sites for hydroxylation is 1. The second kappa shape index (κ2) is 8.39. The van der Waals surface area contributed by atoms with E-state index in [9.17, 15) is 9.59 Å². The quantitative estimate of drug-likeness (QED) is 0.669. The highest BCUT2D eigenvalue weighted by Gasteiger charge is 2.21. The summed E-state index contributed by atoms with van der Waals surface area (Å²) < 4.78 is 1.86. The monoisotopic (exact) mass is 396 g/mol. The van der Waals surface area contributed by atoms with E-state index in [0.29, 0.717) is 4.88 Å². The van der Waals surface area contributed by atoms with Crippen LogP contribution in [0.25, 0.3) is 5.69 Å². The Labute approximate surface area is 168 Å². The number of nitrogens with zero attached hydrogens (tertiary/aromatic N) is 2. The van der Waals surface area contributed by atoms with Crippen LogP contribution >= 0.6 is 11.3 Å². The third-order valence-electron chi connectivity index (χ3n) is 4.64. The van der Waals surface area contributed by atoms with Gasteiger partial charge in [-0.3, -0.25) is 9.59 Å². The van der Waals surface area contributed by atoms with Crippen LogP contribution in [0.2, 0.25) is 0 Å². The molecule has 1 aromatic carbocycles. The maximum absolute atomic E-state index is 12.5. The number of hydrogen-bond donors (Lipinski definition) is 2. The largest absolute Gasteiger partial charge is 0.348 e. The Morgan fingerprint density at radius 3 is 2.43 bits per heavy atom. The van der Waals surface area contributed by atoms with Crippen LogP contribution in [-0.2, 0) is 4.79 Å². The van der Waals surface area contributed by atoms with Gasteiger partial charge in [-0.05, 0) is 51.3 Å². The zero-order valence-corrected chi connectivity index (χ0v) is 17.2. The molecule has 2 aromatic heterocycles. The number of benzene rings is 1. The van der Waals surface area contributed by atoms with Gasteiger partial charge in [-0.25, -0.2) is 4.68 Å². The average Bonchev–Trinajstić information content (AvgIpc) is 3.32. The Morgan fingerprint density at radius 1 is 1.07 bits per heavy atom. The van der Waals surface area contributed by atoms with Crippen molar-refractivity contribution in [3.63, 3.8) is 0 Å². The van der Waals surface area contributed by atoms with Gasteiger partial charge in [0.1, 0.15) is 6.04 Å². The lowest BCUT2D eigenvalue weighted by molar-refractivity contribution is -0.123. The van der Waals surface area contributed by atoms with Gasteiger partial charge in [-0.15, -0.1) is 11.3 Å². The summed E-state index contributed by atoms with van der Waals surface area (Å²) in [7, 11) is 0. The molecule has 0 spiro atoms. The number of thiophene rings is 1. The van der Waals surface area contributed by atoms with E-state index in [1.165, 1.54) is 16.9 Å². The van der Waals surface area contributed by atoms with E-state index in [4.69, 9.17) is 0 Å². The van der Waals surface area contributed by atoms with E-state index in [0.717, 1.165) is 16.9 Å². The first-order valence-electron chi connectivity index (χ1n) is 9.13. The van der Waals surface area contributed by atoms with Crippen molar-refractivity contribution in [1.29, 1.82) is 0 Å². The fraction of sp³-hybridized carbons (Fsp3) is 0.286. The van der Waals surface area contributed by atoms with Crippen molar-refractivity contribution >= 4 is 23.2 Å². The highest BCUT2D eigenvalue weighted by molar-refractivity contribution is 7.12. The lowest BCUT2D eigenvalue weighted by Crippen LogP contribution is -2.45. The van der Waals surface area contributed by atoms with Crippen molar-refractivity contribution < 1.29 is 9.59 Å². The van der Waals surface area contributed by atoms with Gasteiger partial charge in [0.05, 0.1) is 22.8 Å². The van der Waals surface area contributed by atoms with E-state index < -0.39 is 6.04 Å². The van der Waals surface area contributed by atoms with Gasteiger partial charge in [0.25, 0.3) is 5.91 Å². The van der Waals surface area contributed by atoms with Crippen molar-refractivity contribution in [1.82, 2.24) is 20.4 Å². The van der Waals surface area contributed by atoms with Gasteiger partial charge in [0.15, 0.2) is 0 Å². The number of nitrogens with one attached hydrogen (secondary N) is 2. The minimum absolute atomic E-state index is 0.229. The molecule has 2 atom stereocenters. The number of carbonyl (C=O) groups excluding carboxylic acids is 2. The Bertz CT molecular complexity index is 961. The maximum atomic E-state index is 12.5. The Hall–Kier alpha value is -2.93. The summed E-state index contributed by atoms with van der Waals surface area (Å²) >= 11 is 1.34. The van der Waals surface area contributed by atoms with Gasteiger partial charge in [-0.2, -0.15) is 5.10 Å². The van der Waals surface area contributed by atoms with Crippen molar-refractivity contribution in [2.75, 3.05) is 0 Å². The third kappa shape index (κ3) is 4.31. The Morgan fingerprint density at radius 2 is 1.79 bits per heavy atom. The van der Waals surface area contributed by atoms with Gasteiger partial charge in [0, 0.05) is 11.3 Å². The van der Waals surface area contributed by atoms with Crippen LogP contribution in [0.3, 0.4) is 0 Å². The number of aromatic nitrogens is 2. The first-order valence-corrected chi connectivity index (χ1v) is 10.0. The molecule has 2 N–H and O–H groups in total. The molecule has 28 heavy (non-hydrogen) atoms. The predicted octanol–water partition coefficient (Wildman–Crippen LogP) is 3.55. The molecule has 3 rings (SSSR count). The summed E-state index contributed by atoms with van der Waals surface area (Å²) in [6, 6.07) is 10.8. The van der Waals surface area contributed by atoms with E-state index in [1.54, 1.807) is 25.3 Å². The van der Waals surface area contributed by atoms with Gasteiger partial charge >= 0.3 is 0 Å². The van der Waals surface area contributed by atoms with Crippen molar-refractivity contribution in [3.05, 3.63) is 69.7 Å². The second-order valence-corrected chi connectivity index (χ2v) is 7.78. The molecule has 0 unspecified atom stereocenters. The van der Waals surface area contributed by atoms with E-state index >= 15 is 0 Å². The molecule has 0 aliphatic heterocycles. The first-order chi connectivity index (χ1) is 13.4. The number of rotatable bonds is 6. The van der Waals surface area contributed by atoms with Crippen LogP contribution in [0.1, 0.15) is 46.4 Å². The van der Waals surface area contributed by atoms with Crippen LogP contribution in [-0.4, -0.2) is 27.6 Å². The zero-order valence-electron chi connectivity index (χ0n) is 16.4. The molecule has 0 aliphatic carbocycles. The van der Waals surface area contributed by atoms with Crippen LogP contribution in [0, 0.1) is 13.8 Å². The van der Waals surface area contributed by atoms with Crippen LogP contribution < -0.4 is 10.6 Å². The van der Waals surface area contributed by atoms with Crippen LogP contribution in [0.4, 0.5) is 0 Å². The Kier molecular flexibility index (Phi) is 5.94. The lowest BCUT2D eigenvalue weighted by atomic mass is 10.1. The summed E-state index contributed by atoms with van der Waals surface area (Å²) in [6.07, 6.45) is 1.77. The summed E-state index contributed by atoms with van der Waals surface area (Å²) in [5.74, 6) is -0.478. The normalized spacial score (nSPS) is 13.0. The lowest BCUT2D eigenvalue weighted by Gasteiger charge is -2.18. The molecular formula is C21H24N4O2S. The van der Waals surface area contributed by atoms with Crippen molar-refractivity contribution in [2.24, 2.45) is 0 Å². The number of hydrogen-bond acceptors (Lipinski definition) is 4. The molecule has 146 valence electrons. The summed E-state index contributed by atoms with van der Waals surface area (Å²) in [4.78, 5) is 25.2. The molecule has 6 nitrogen and oxygen atoms in total. The molecule has 3 aromatic rings. The van der Waals surface area contributed by atoms with Gasteiger partial charge in [0.2, 0.25) is 5.91 Å². The molecule has 0 bridgehead atoms. The summed E-state index contributed by atoms with van der Waals surface area (Å²) in [5, 5.41) is 12.0. The van der Waals surface area contributed by atoms with E-state index in [1.807, 2.05) is 55.1 Å². The number of amides is 2. The highest BCUT2D eigenvalue weighted by atomic mass is 32.1. The highest BCUT2D eigenvalue weighted by Crippen LogP contribution is 2.20. The summed E-state index contributed by atoms with van der Waals surface area (Å²) in [5.41, 5.74) is 4.06. The smallest absolute Gasteiger partial charge is 0.261 e. The molecule has 2 heterocycles. The molecule has 0 saturated carbocycles. The van der Waals surface area contributed by atoms with Crippen molar-refractivity contribution in [3.8, 4) is 5.69 Å². The molecule has 0 radical (unpaired) electrons. The minimum Gasteiger partial charge on any atom is -0.348 e. The fourth-order valence-electron chi connectivity index (χ4n) is 2.95. The van der Waals surface area contributed by atoms with Crippen LogP contribution in [0.15, 0.2) is 48.0 Å².